The van der Waals surface area contributed by atoms with Crippen molar-refractivity contribution in [3.63, 3.8) is 0 Å². The molecule has 0 radical (unpaired) electrons. The number of halogens is 3. The number of benzene rings is 1. The van der Waals surface area contributed by atoms with Gasteiger partial charge in [0.25, 0.3) is 5.91 Å². The zero-order valence-corrected chi connectivity index (χ0v) is 15.8. The maximum atomic E-state index is 14.4. The third-order valence-electron chi connectivity index (χ3n) is 4.70. The van der Waals surface area contributed by atoms with E-state index in [-0.39, 0.29) is 36.4 Å². The summed E-state index contributed by atoms with van der Waals surface area (Å²) in [4.78, 5) is 14.8. The van der Waals surface area contributed by atoms with Crippen LogP contribution in [0.25, 0.3) is 0 Å². The molecule has 0 atom stereocenters. The number of hydrogen-bond donors (Lipinski definition) is 3. The van der Waals surface area contributed by atoms with E-state index in [1.165, 1.54) is 6.07 Å². The molecule has 1 aromatic carbocycles. The minimum absolute atomic E-state index is 0. The van der Waals surface area contributed by atoms with Crippen molar-refractivity contribution in [1.29, 1.82) is 0 Å². The first kappa shape index (κ1) is 20.5. The Morgan fingerprint density at radius 1 is 1.23 bits per heavy atom. The van der Waals surface area contributed by atoms with Crippen LogP contribution in [0.3, 0.4) is 0 Å². The maximum absolute atomic E-state index is 14.4. The number of para-hydroxylation sites is 1. The van der Waals surface area contributed by atoms with E-state index < -0.39 is 5.82 Å². The minimum atomic E-state index is -0.421. The van der Waals surface area contributed by atoms with Gasteiger partial charge in [-0.3, -0.25) is 9.89 Å². The fourth-order valence-corrected chi connectivity index (χ4v) is 3.44. The van der Waals surface area contributed by atoms with Crippen molar-refractivity contribution in [2.45, 2.75) is 25.8 Å². The first-order valence-electron chi connectivity index (χ1n) is 8.35. The lowest BCUT2D eigenvalue weighted by Crippen LogP contribution is -2.26. The first-order valence-corrected chi connectivity index (χ1v) is 8.35. The molecule has 0 bridgehead atoms. The van der Waals surface area contributed by atoms with Crippen LogP contribution in [0, 0.1) is 5.82 Å². The van der Waals surface area contributed by atoms with E-state index in [0.717, 1.165) is 55.8 Å². The second kappa shape index (κ2) is 8.70. The van der Waals surface area contributed by atoms with Gasteiger partial charge in [0, 0.05) is 43.9 Å². The Hall–Kier alpha value is -1.83. The predicted octanol–water partition coefficient (Wildman–Crippen LogP) is 2.89. The molecule has 142 valence electrons. The molecular formula is C17H22Cl2FN5O. The lowest BCUT2D eigenvalue weighted by molar-refractivity contribution is 0.102. The molecule has 2 aliphatic heterocycles. The largest absolute Gasteiger partial charge is 0.370 e. The maximum Gasteiger partial charge on any atom is 0.276 e. The van der Waals surface area contributed by atoms with Gasteiger partial charge in [-0.1, -0.05) is 6.07 Å². The van der Waals surface area contributed by atoms with E-state index in [2.05, 4.69) is 25.7 Å². The van der Waals surface area contributed by atoms with Gasteiger partial charge in [0.1, 0.15) is 11.5 Å². The standard InChI is InChI=1S/C17H20FN5O.2ClH/c18-12-4-3-5-14(23-8-1-2-9-23)16(12)20-17(24)15-11-10-19-7-6-13(11)21-22-15;;/h3-5,19H,1-2,6-10H2,(H,20,24)(H,21,22);2*1H. The zero-order chi connectivity index (χ0) is 16.5. The van der Waals surface area contributed by atoms with Crippen LogP contribution in [-0.4, -0.2) is 35.7 Å². The van der Waals surface area contributed by atoms with Gasteiger partial charge < -0.3 is 15.5 Å². The van der Waals surface area contributed by atoms with Crippen molar-refractivity contribution in [3.05, 3.63) is 41.0 Å². The number of carbonyl (C=O) groups excluding carboxylic acids is 1. The third-order valence-corrected chi connectivity index (χ3v) is 4.70. The Labute approximate surface area is 163 Å². The predicted molar refractivity (Wildman–Crippen MR) is 104 cm³/mol. The number of nitrogens with one attached hydrogen (secondary N) is 3. The van der Waals surface area contributed by atoms with Crippen LogP contribution in [0.4, 0.5) is 15.8 Å². The molecule has 6 nitrogen and oxygen atoms in total. The van der Waals surface area contributed by atoms with Crippen LogP contribution >= 0.6 is 24.8 Å². The Morgan fingerprint density at radius 3 is 2.77 bits per heavy atom. The molecule has 3 heterocycles. The van der Waals surface area contributed by atoms with Crippen molar-refractivity contribution in [1.82, 2.24) is 15.5 Å². The molecule has 0 saturated carbocycles. The van der Waals surface area contributed by atoms with Gasteiger partial charge >= 0.3 is 0 Å². The highest BCUT2D eigenvalue weighted by Crippen LogP contribution is 2.31. The van der Waals surface area contributed by atoms with Gasteiger partial charge in [0.15, 0.2) is 5.69 Å². The van der Waals surface area contributed by atoms with Gasteiger partial charge in [-0.25, -0.2) is 4.39 Å². The van der Waals surface area contributed by atoms with Crippen molar-refractivity contribution in [2.75, 3.05) is 29.9 Å². The summed E-state index contributed by atoms with van der Waals surface area (Å²) in [6.45, 7) is 3.23. The number of carbonyl (C=O) groups is 1. The number of H-pyrrole nitrogens is 1. The Kier molecular flexibility index (Phi) is 6.86. The van der Waals surface area contributed by atoms with Crippen LogP contribution in [0.5, 0.6) is 0 Å². The summed E-state index contributed by atoms with van der Waals surface area (Å²) in [5.41, 5.74) is 3.17. The van der Waals surface area contributed by atoms with Gasteiger partial charge in [0.05, 0.1) is 5.69 Å². The fraction of sp³-hybridized carbons (Fsp3) is 0.412. The fourth-order valence-electron chi connectivity index (χ4n) is 3.44. The number of aromatic nitrogens is 2. The number of rotatable bonds is 3. The van der Waals surface area contributed by atoms with Gasteiger partial charge in [-0.15, -0.1) is 24.8 Å². The number of anilines is 2. The van der Waals surface area contributed by atoms with E-state index in [9.17, 15) is 9.18 Å². The molecule has 0 spiro atoms. The van der Waals surface area contributed by atoms with E-state index in [1.54, 1.807) is 6.07 Å². The SMILES string of the molecule is Cl.Cl.O=C(Nc1c(F)cccc1N1CCCC1)c1n[nH]c2c1CNCC2. The molecule has 1 amide bonds. The molecule has 4 rings (SSSR count). The Morgan fingerprint density at radius 2 is 2.00 bits per heavy atom. The van der Waals surface area contributed by atoms with Crippen LogP contribution in [0.1, 0.15) is 34.6 Å². The molecule has 1 fully saturated rings. The van der Waals surface area contributed by atoms with E-state index in [4.69, 9.17) is 0 Å². The van der Waals surface area contributed by atoms with E-state index in [0.29, 0.717) is 12.2 Å². The molecule has 26 heavy (non-hydrogen) atoms. The second-order valence-electron chi connectivity index (χ2n) is 6.24. The van der Waals surface area contributed by atoms with Gasteiger partial charge in [0.2, 0.25) is 0 Å². The number of fused-ring (bicyclic) bond motifs is 1. The molecule has 1 saturated heterocycles. The van der Waals surface area contributed by atoms with Crippen LogP contribution < -0.4 is 15.5 Å². The van der Waals surface area contributed by atoms with Crippen molar-refractivity contribution in [2.24, 2.45) is 0 Å². The Bertz CT molecular complexity index is 777. The smallest absolute Gasteiger partial charge is 0.276 e. The van der Waals surface area contributed by atoms with Crippen molar-refractivity contribution < 1.29 is 9.18 Å². The summed E-state index contributed by atoms with van der Waals surface area (Å²) >= 11 is 0. The average Bonchev–Trinajstić information content (AvgIpc) is 3.26. The minimum Gasteiger partial charge on any atom is -0.370 e. The highest BCUT2D eigenvalue weighted by Gasteiger charge is 2.24. The quantitative estimate of drug-likeness (QED) is 0.739. The summed E-state index contributed by atoms with van der Waals surface area (Å²) in [6.07, 6.45) is 2.99. The first-order chi connectivity index (χ1) is 11.7. The van der Waals surface area contributed by atoms with Crippen LogP contribution in [0.2, 0.25) is 0 Å². The van der Waals surface area contributed by atoms with E-state index >= 15 is 0 Å². The number of nitrogens with zero attached hydrogens (tertiary/aromatic N) is 2. The molecule has 0 unspecified atom stereocenters. The molecular weight excluding hydrogens is 380 g/mol. The summed E-state index contributed by atoms with van der Waals surface area (Å²) < 4.78 is 14.4. The third kappa shape index (κ3) is 3.79. The van der Waals surface area contributed by atoms with Crippen molar-refractivity contribution in [3.8, 4) is 0 Å². The summed E-state index contributed by atoms with van der Waals surface area (Å²) in [5, 5.41) is 13.0. The number of aromatic amines is 1. The molecule has 2 aromatic rings. The molecule has 3 N–H and O–H groups in total. The topological polar surface area (TPSA) is 73.0 Å². The highest BCUT2D eigenvalue weighted by molar-refractivity contribution is 6.05. The normalized spacial score (nSPS) is 15.7. The number of hydrogen-bond acceptors (Lipinski definition) is 4. The lowest BCUT2D eigenvalue weighted by atomic mass is 10.1. The molecule has 1 aromatic heterocycles. The monoisotopic (exact) mass is 401 g/mol. The zero-order valence-electron chi connectivity index (χ0n) is 14.2. The highest BCUT2D eigenvalue weighted by atomic mass is 35.5. The molecule has 2 aliphatic rings. The Balaban J connectivity index is 0.00000121. The molecule has 0 aliphatic carbocycles. The van der Waals surface area contributed by atoms with Gasteiger partial charge in [-0.05, 0) is 25.0 Å². The van der Waals surface area contributed by atoms with Crippen molar-refractivity contribution >= 4 is 42.1 Å². The lowest BCUT2D eigenvalue weighted by Gasteiger charge is -2.22. The summed E-state index contributed by atoms with van der Waals surface area (Å²) in [6, 6.07) is 4.90. The average molecular weight is 402 g/mol. The van der Waals surface area contributed by atoms with E-state index in [1.807, 2.05) is 6.07 Å². The summed E-state index contributed by atoms with van der Waals surface area (Å²) in [5.74, 6) is -0.794. The summed E-state index contributed by atoms with van der Waals surface area (Å²) in [7, 11) is 0. The van der Waals surface area contributed by atoms with Gasteiger partial charge in [-0.2, -0.15) is 5.10 Å². The molecule has 9 heteroatoms. The second-order valence-corrected chi connectivity index (χ2v) is 6.24. The van der Waals surface area contributed by atoms with Crippen LogP contribution in [-0.2, 0) is 13.0 Å². The number of amides is 1. The van der Waals surface area contributed by atoms with Crippen LogP contribution in [0.15, 0.2) is 18.2 Å².